The standard InChI is InChI=1S/C22H14ClN5O2/c23-18-9-5-4-8-16(18)21-17-11-10-15(28(29)30)12-19(17)27-20(13-24-21)25-26-22(27)14-6-2-1-3-7-14/h1-12H,13H2. The number of nitro benzene ring substituents is 1. The first-order valence-corrected chi connectivity index (χ1v) is 9.59. The van der Waals surface area contributed by atoms with Gasteiger partial charge in [0.25, 0.3) is 5.69 Å². The predicted octanol–water partition coefficient (Wildman–Crippen LogP) is 4.85. The molecule has 0 N–H and O–H groups in total. The van der Waals surface area contributed by atoms with Gasteiger partial charge in [-0.2, -0.15) is 0 Å². The quantitative estimate of drug-likeness (QED) is 0.353. The molecular weight excluding hydrogens is 402 g/mol. The number of nitro groups is 1. The van der Waals surface area contributed by atoms with Crippen LogP contribution in [0.25, 0.3) is 17.1 Å². The van der Waals surface area contributed by atoms with E-state index < -0.39 is 4.92 Å². The van der Waals surface area contributed by atoms with E-state index in [1.54, 1.807) is 12.1 Å². The van der Waals surface area contributed by atoms with Crippen molar-refractivity contribution in [3.05, 3.63) is 105 Å². The van der Waals surface area contributed by atoms with E-state index in [0.717, 1.165) is 16.7 Å². The largest absolute Gasteiger partial charge is 0.276 e. The van der Waals surface area contributed by atoms with Crippen LogP contribution in [0.3, 0.4) is 0 Å². The lowest BCUT2D eigenvalue weighted by molar-refractivity contribution is -0.384. The van der Waals surface area contributed by atoms with E-state index in [1.807, 2.05) is 53.1 Å². The second-order valence-corrected chi connectivity index (χ2v) is 7.15. The lowest BCUT2D eigenvalue weighted by Gasteiger charge is -2.14. The molecule has 1 aromatic heterocycles. The van der Waals surface area contributed by atoms with Crippen molar-refractivity contribution in [1.82, 2.24) is 14.8 Å². The third-order valence-corrected chi connectivity index (χ3v) is 5.29. The molecule has 0 unspecified atom stereocenters. The van der Waals surface area contributed by atoms with E-state index >= 15 is 0 Å². The van der Waals surface area contributed by atoms with Gasteiger partial charge in [0.2, 0.25) is 0 Å². The fourth-order valence-electron chi connectivity index (χ4n) is 3.58. The van der Waals surface area contributed by atoms with Crippen LogP contribution in [0.2, 0.25) is 5.02 Å². The number of hydrogen-bond acceptors (Lipinski definition) is 5. The smallest absolute Gasteiger partial charge is 0.271 e. The summed E-state index contributed by atoms with van der Waals surface area (Å²) in [5.41, 5.74) is 3.58. The summed E-state index contributed by atoms with van der Waals surface area (Å²) >= 11 is 6.45. The van der Waals surface area contributed by atoms with E-state index in [1.165, 1.54) is 12.1 Å². The molecule has 0 aliphatic carbocycles. The summed E-state index contributed by atoms with van der Waals surface area (Å²) in [5, 5.41) is 20.7. The Hall–Kier alpha value is -3.84. The van der Waals surface area contributed by atoms with Crippen LogP contribution in [0.1, 0.15) is 17.0 Å². The van der Waals surface area contributed by atoms with Crippen molar-refractivity contribution < 1.29 is 4.92 Å². The highest BCUT2D eigenvalue weighted by Gasteiger charge is 2.26. The van der Waals surface area contributed by atoms with Crippen LogP contribution in [-0.4, -0.2) is 25.4 Å². The van der Waals surface area contributed by atoms with Gasteiger partial charge in [-0.3, -0.25) is 19.7 Å². The van der Waals surface area contributed by atoms with Crippen LogP contribution in [0.5, 0.6) is 0 Å². The molecule has 0 bridgehead atoms. The minimum atomic E-state index is -0.413. The lowest BCUT2D eigenvalue weighted by atomic mass is 9.99. The molecule has 30 heavy (non-hydrogen) atoms. The maximum Gasteiger partial charge on any atom is 0.271 e. The average Bonchev–Trinajstić information content (AvgIpc) is 3.12. The number of rotatable bonds is 3. The Labute approximate surface area is 176 Å². The first kappa shape index (κ1) is 18.2. The molecule has 0 radical (unpaired) electrons. The number of aromatic nitrogens is 3. The second-order valence-electron chi connectivity index (χ2n) is 6.74. The van der Waals surface area contributed by atoms with Crippen LogP contribution >= 0.6 is 11.6 Å². The Morgan fingerprint density at radius 3 is 2.47 bits per heavy atom. The molecule has 0 spiro atoms. The molecule has 4 aromatic rings. The predicted molar refractivity (Wildman–Crippen MR) is 114 cm³/mol. The Morgan fingerprint density at radius 1 is 0.933 bits per heavy atom. The van der Waals surface area contributed by atoms with Gasteiger partial charge in [0.05, 0.1) is 16.3 Å². The normalized spacial score (nSPS) is 12.5. The molecule has 0 fully saturated rings. The Balaban J connectivity index is 1.80. The molecule has 0 amide bonds. The van der Waals surface area contributed by atoms with E-state index in [4.69, 9.17) is 16.6 Å². The second kappa shape index (κ2) is 7.20. The number of aliphatic imine (C=N–C) groups is 1. The van der Waals surface area contributed by atoms with Crippen LogP contribution in [0, 0.1) is 10.1 Å². The van der Waals surface area contributed by atoms with Crippen molar-refractivity contribution in [2.24, 2.45) is 4.99 Å². The van der Waals surface area contributed by atoms with Crippen LogP contribution < -0.4 is 0 Å². The molecule has 0 atom stereocenters. The molecule has 1 aliphatic heterocycles. The molecule has 7 nitrogen and oxygen atoms in total. The minimum Gasteiger partial charge on any atom is -0.276 e. The summed E-state index contributed by atoms with van der Waals surface area (Å²) < 4.78 is 1.84. The number of hydrogen-bond donors (Lipinski definition) is 0. The number of non-ortho nitro benzene ring substituents is 1. The maximum absolute atomic E-state index is 11.5. The first-order chi connectivity index (χ1) is 14.6. The van der Waals surface area contributed by atoms with Crippen molar-refractivity contribution in [2.45, 2.75) is 6.54 Å². The molecule has 1 aliphatic rings. The SMILES string of the molecule is O=[N+]([O-])c1ccc2c(c1)-n1c(nnc1-c1ccccc1)CN=C2c1ccccc1Cl. The molecule has 2 heterocycles. The van der Waals surface area contributed by atoms with E-state index in [0.29, 0.717) is 28.1 Å². The molecule has 8 heteroatoms. The van der Waals surface area contributed by atoms with Gasteiger partial charge in [-0.25, -0.2) is 0 Å². The van der Waals surface area contributed by atoms with Gasteiger partial charge in [-0.15, -0.1) is 10.2 Å². The number of fused-ring (bicyclic) bond motifs is 3. The summed E-state index contributed by atoms with van der Waals surface area (Å²) in [6.07, 6.45) is 0. The van der Waals surface area contributed by atoms with Crippen molar-refractivity contribution >= 4 is 23.0 Å². The maximum atomic E-state index is 11.5. The topological polar surface area (TPSA) is 86.2 Å². The van der Waals surface area contributed by atoms with Crippen molar-refractivity contribution in [3.8, 4) is 17.1 Å². The van der Waals surface area contributed by atoms with Gasteiger partial charge in [0, 0.05) is 33.8 Å². The molecule has 3 aromatic carbocycles. The van der Waals surface area contributed by atoms with Gasteiger partial charge >= 0.3 is 0 Å². The summed E-state index contributed by atoms with van der Waals surface area (Å²) in [5.74, 6) is 1.20. The first-order valence-electron chi connectivity index (χ1n) is 9.22. The highest BCUT2D eigenvalue weighted by Crippen LogP contribution is 2.33. The van der Waals surface area contributed by atoms with E-state index in [-0.39, 0.29) is 12.2 Å². The Bertz CT molecular complexity index is 1310. The molecule has 5 rings (SSSR count). The Morgan fingerprint density at radius 2 is 1.70 bits per heavy atom. The molecule has 0 saturated heterocycles. The number of nitrogens with zero attached hydrogens (tertiary/aromatic N) is 5. The summed E-state index contributed by atoms with van der Waals surface area (Å²) in [6.45, 7) is 0.267. The lowest BCUT2D eigenvalue weighted by Crippen LogP contribution is -2.09. The van der Waals surface area contributed by atoms with Gasteiger partial charge in [-0.1, -0.05) is 60.1 Å². The zero-order valence-corrected chi connectivity index (χ0v) is 16.3. The summed E-state index contributed by atoms with van der Waals surface area (Å²) in [7, 11) is 0. The molecule has 146 valence electrons. The van der Waals surface area contributed by atoms with E-state index in [2.05, 4.69) is 10.2 Å². The van der Waals surface area contributed by atoms with Crippen molar-refractivity contribution in [2.75, 3.05) is 0 Å². The van der Waals surface area contributed by atoms with Gasteiger partial charge < -0.3 is 0 Å². The number of benzene rings is 3. The highest BCUT2D eigenvalue weighted by atomic mass is 35.5. The van der Waals surface area contributed by atoms with Gasteiger partial charge in [-0.05, 0) is 12.1 Å². The number of halogens is 1. The van der Waals surface area contributed by atoms with Crippen molar-refractivity contribution in [3.63, 3.8) is 0 Å². The third kappa shape index (κ3) is 2.96. The van der Waals surface area contributed by atoms with Crippen LogP contribution in [0.15, 0.2) is 77.8 Å². The molecular formula is C22H14ClN5O2. The van der Waals surface area contributed by atoms with Crippen molar-refractivity contribution in [1.29, 1.82) is 0 Å². The fourth-order valence-corrected chi connectivity index (χ4v) is 3.81. The highest BCUT2D eigenvalue weighted by molar-refractivity contribution is 6.35. The average molecular weight is 416 g/mol. The van der Waals surface area contributed by atoms with Crippen LogP contribution in [0.4, 0.5) is 5.69 Å². The summed E-state index contributed by atoms with van der Waals surface area (Å²) in [4.78, 5) is 15.8. The summed E-state index contributed by atoms with van der Waals surface area (Å²) in [6, 6.07) is 21.7. The zero-order chi connectivity index (χ0) is 20.7. The fraction of sp³-hybridized carbons (Fsp3) is 0.0455. The third-order valence-electron chi connectivity index (χ3n) is 4.96. The molecule has 0 saturated carbocycles. The zero-order valence-electron chi connectivity index (χ0n) is 15.6. The van der Waals surface area contributed by atoms with Gasteiger partial charge in [0.15, 0.2) is 11.6 Å². The monoisotopic (exact) mass is 415 g/mol. The van der Waals surface area contributed by atoms with E-state index in [9.17, 15) is 10.1 Å². The Kier molecular flexibility index (Phi) is 4.37. The van der Waals surface area contributed by atoms with Gasteiger partial charge in [0.1, 0.15) is 6.54 Å². The van der Waals surface area contributed by atoms with Crippen LogP contribution in [-0.2, 0) is 6.54 Å². The minimum absolute atomic E-state index is 0.0205.